The van der Waals surface area contributed by atoms with Gasteiger partial charge in [-0.15, -0.1) is 0 Å². The van der Waals surface area contributed by atoms with E-state index in [1.807, 2.05) is 11.8 Å². The van der Waals surface area contributed by atoms with Crippen molar-refractivity contribution in [3.8, 4) is 0 Å². The van der Waals surface area contributed by atoms with Crippen LogP contribution in [-0.2, 0) is 30.4 Å². The van der Waals surface area contributed by atoms with E-state index in [0.717, 1.165) is 38.5 Å². The standard InChI is InChI=1S/C30H40N2O2/c1-4-7-9-22-11-14-27-25(19-22)12-13-26-20-23(10-8-5-2)21-31-29(26)28(27)24-15-17-32(18-16-24)30(33)34-6-3/h11,14,19-21H,4-10,12-13,15-18H2,1-3H3. The minimum Gasteiger partial charge on any atom is -0.450 e. The van der Waals surface area contributed by atoms with E-state index in [-0.39, 0.29) is 6.09 Å². The van der Waals surface area contributed by atoms with E-state index in [2.05, 4.69) is 44.3 Å². The van der Waals surface area contributed by atoms with Crippen molar-refractivity contribution in [2.45, 2.75) is 85.0 Å². The Kier molecular flexibility index (Phi) is 8.42. The molecular formula is C30H40N2O2. The topological polar surface area (TPSA) is 42.4 Å². The number of carbonyl (C=O) groups excluding carboxylic acids is 1. The highest BCUT2D eigenvalue weighted by Crippen LogP contribution is 2.38. The van der Waals surface area contributed by atoms with Gasteiger partial charge in [-0.2, -0.15) is 0 Å². The molecule has 0 spiro atoms. The highest BCUT2D eigenvalue weighted by atomic mass is 16.6. The second-order valence-corrected chi connectivity index (χ2v) is 9.71. The molecule has 0 N–H and O–H groups in total. The highest BCUT2D eigenvalue weighted by Gasteiger charge is 2.27. The number of unbranched alkanes of at least 4 members (excludes halogenated alkanes) is 2. The van der Waals surface area contributed by atoms with Gasteiger partial charge in [-0.25, -0.2) is 4.79 Å². The summed E-state index contributed by atoms with van der Waals surface area (Å²) in [6.07, 6.45) is 12.9. The van der Waals surface area contributed by atoms with Gasteiger partial charge >= 0.3 is 6.09 Å². The van der Waals surface area contributed by atoms with Gasteiger partial charge in [0.1, 0.15) is 0 Å². The van der Waals surface area contributed by atoms with Crippen molar-refractivity contribution in [1.82, 2.24) is 9.88 Å². The van der Waals surface area contributed by atoms with E-state index in [1.54, 1.807) is 0 Å². The van der Waals surface area contributed by atoms with Crippen LogP contribution >= 0.6 is 0 Å². The Labute approximate surface area is 205 Å². The summed E-state index contributed by atoms with van der Waals surface area (Å²) in [6, 6.07) is 9.53. The number of nitrogens with zero attached hydrogens (tertiary/aromatic N) is 2. The van der Waals surface area contributed by atoms with Crippen LogP contribution in [0.5, 0.6) is 0 Å². The minimum atomic E-state index is -0.188. The van der Waals surface area contributed by atoms with E-state index >= 15 is 0 Å². The first kappa shape index (κ1) is 24.5. The van der Waals surface area contributed by atoms with Gasteiger partial charge in [-0.05, 0) is 86.1 Å². The molecule has 4 rings (SSSR count). The number of pyridine rings is 1. The SMILES string of the molecule is CCCCc1ccc2c(c1)CCc1cc(CCCC)cnc1C2=C1CCN(C(=O)OCC)CC1. The summed E-state index contributed by atoms with van der Waals surface area (Å²) in [5, 5.41) is 0. The van der Waals surface area contributed by atoms with Gasteiger partial charge in [-0.1, -0.05) is 56.5 Å². The smallest absolute Gasteiger partial charge is 0.409 e. The monoisotopic (exact) mass is 460 g/mol. The van der Waals surface area contributed by atoms with E-state index in [9.17, 15) is 4.79 Å². The zero-order valence-corrected chi connectivity index (χ0v) is 21.3. The molecule has 1 aromatic carbocycles. The van der Waals surface area contributed by atoms with Gasteiger partial charge in [0.2, 0.25) is 0 Å². The summed E-state index contributed by atoms with van der Waals surface area (Å²) in [7, 11) is 0. The Morgan fingerprint density at radius 1 is 0.912 bits per heavy atom. The van der Waals surface area contributed by atoms with Crippen molar-refractivity contribution in [1.29, 1.82) is 0 Å². The van der Waals surface area contributed by atoms with Crippen LogP contribution in [0.25, 0.3) is 5.57 Å². The van der Waals surface area contributed by atoms with Gasteiger partial charge in [0.25, 0.3) is 0 Å². The number of aryl methyl sites for hydroxylation is 4. The Hall–Kier alpha value is -2.62. The second-order valence-electron chi connectivity index (χ2n) is 9.71. The summed E-state index contributed by atoms with van der Waals surface area (Å²) in [5.41, 5.74) is 10.9. The molecule has 0 radical (unpaired) electrons. The number of benzene rings is 1. The third-order valence-electron chi connectivity index (χ3n) is 7.25. The lowest BCUT2D eigenvalue weighted by Gasteiger charge is -2.29. The van der Waals surface area contributed by atoms with Crippen LogP contribution in [0.3, 0.4) is 0 Å². The summed E-state index contributed by atoms with van der Waals surface area (Å²) in [5.74, 6) is 0. The second kappa shape index (κ2) is 11.7. The van der Waals surface area contributed by atoms with Crippen LogP contribution in [0.2, 0.25) is 0 Å². The molecule has 0 bridgehead atoms. The Morgan fingerprint density at radius 2 is 1.59 bits per heavy atom. The fourth-order valence-corrected chi connectivity index (χ4v) is 5.31. The number of likely N-dealkylation sites (tertiary alicyclic amines) is 1. The fourth-order valence-electron chi connectivity index (χ4n) is 5.31. The molecule has 0 atom stereocenters. The van der Waals surface area contributed by atoms with Crippen LogP contribution in [0.15, 0.2) is 36.0 Å². The highest BCUT2D eigenvalue weighted by molar-refractivity contribution is 5.85. The number of ether oxygens (including phenoxy) is 1. The van der Waals surface area contributed by atoms with Gasteiger partial charge in [0.05, 0.1) is 12.3 Å². The Balaban J connectivity index is 1.72. The molecular weight excluding hydrogens is 420 g/mol. The minimum absolute atomic E-state index is 0.188. The molecule has 1 fully saturated rings. The molecule has 1 aliphatic carbocycles. The largest absolute Gasteiger partial charge is 0.450 e. The number of hydrogen-bond donors (Lipinski definition) is 0. The fraction of sp³-hybridized carbons (Fsp3) is 0.533. The average Bonchev–Trinajstić information content (AvgIpc) is 3.02. The van der Waals surface area contributed by atoms with Crippen LogP contribution in [-0.4, -0.2) is 35.7 Å². The number of hydrogen-bond acceptors (Lipinski definition) is 3. The van der Waals surface area contributed by atoms with Crippen molar-refractivity contribution >= 4 is 11.7 Å². The lowest BCUT2D eigenvalue weighted by Crippen LogP contribution is -2.37. The van der Waals surface area contributed by atoms with Crippen molar-refractivity contribution in [2.75, 3.05) is 19.7 Å². The van der Waals surface area contributed by atoms with E-state index in [4.69, 9.17) is 9.72 Å². The van der Waals surface area contributed by atoms with Gasteiger partial charge in [0, 0.05) is 24.9 Å². The molecule has 1 aliphatic heterocycles. The molecule has 2 aliphatic rings. The molecule has 34 heavy (non-hydrogen) atoms. The van der Waals surface area contributed by atoms with Crippen molar-refractivity contribution in [3.05, 3.63) is 69.5 Å². The predicted octanol–water partition coefficient (Wildman–Crippen LogP) is 6.92. The average molecular weight is 461 g/mol. The first-order valence-corrected chi connectivity index (χ1v) is 13.4. The Morgan fingerprint density at radius 3 is 2.29 bits per heavy atom. The zero-order chi connectivity index (χ0) is 23.9. The number of amides is 1. The quantitative estimate of drug-likeness (QED) is 0.450. The summed E-state index contributed by atoms with van der Waals surface area (Å²) in [6.45, 7) is 8.22. The van der Waals surface area contributed by atoms with Crippen molar-refractivity contribution in [3.63, 3.8) is 0 Å². The van der Waals surface area contributed by atoms with Gasteiger partial charge in [-0.3, -0.25) is 4.98 Å². The molecule has 182 valence electrons. The van der Waals surface area contributed by atoms with Crippen LogP contribution in [0, 0.1) is 0 Å². The molecule has 1 amide bonds. The maximum atomic E-state index is 12.3. The third kappa shape index (κ3) is 5.54. The number of rotatable bonds is 7. The number of aromatic nitrogens is 1. The van der Waals surface area contributed by atoms with Crippen molar-refractivity contribution in [2.24, 2.45) is 0 Å². The molecule has 2 aromatic rings. The normalized spacial score (nSPS) is 15.6. The molecule has 0 unspecified atom stereocenters. The molecule has 1 aromatic heterocycles. The van der Waals surface area contributed by atoms with E-state index < -0.39 is 0 Å². The van der Waals surface area contributed by atoms with Crippen LogP contribution in [0.4, 0.5) is 4.79 Å². The molecule has 4 nitrogen and oxygen atoms in total. The number of carbonyl (C=O) groups is 1. The maximum Gasteiger partial charge on any atom is 0.409 e. The molecule has 0 saturated carbocycles. The van der Waals surface area contributed by atoms with E-state index in [0.29, 0.717) is 19.7 Å². The van der Waals surface area contributed by atoms with Crippen LogP contribution in [0.1, 0.15) is 92.8 Å². The predicted molar refractivity (Wildman–Crippen MR) is 139 cm³/mol. The van der Waals surface area contributed by atoms with E-state index in [1.165, 1.54) is 70.3 Å². The van der Waals surface area contributed by atoms with Gasteiger partial charge in [0.15, 0.2) is 0 Å². The summed E-state index contributed by atoms with van der Waals surface area (Å²) in [4.78, 5) is 19.2. The summed E-state index contributed by atoms with van der Waals surface area (Å²) >= 11 is 0. The van der Waals surface area contributed by atoms with Crippen molar-refractivity contribution < 1.29 is 9.53 Å². The summed E-state index contributed by atoms with van der Waals surface area (Å²) < 4.78 is 5.24. The lowest BCUT2D eigenvalue weighted by atomic mass is 9.87. The molecule has 4 heteroatoms. The van der Waals surface area contributed by atoms with Crippen LogP contribution < -0.4 is 0 Å². The molecule has 2 heterocycles. The first-order chi connectivity index (χ1) is 16.6. The first-order valence-electron chi connectivity index (χ1n) is 13.4. The number of fused-ring (bicyclic) bond motifs is 2. The number of piperidine rings is 1. The van der Waals surface area contributed by atoms with Gasteiger partial charge < -0.3 is 9.64 Å². The zero-order valence-electron chi connectivity index (χ0n) is 21.3. The lowest BCUT2D eigenvalue weighted by molar-refractivity contribution is 0.104. The molecule has 1 saturated heterocycles. The third-order valence-corrected chi connectivity index (χ3v) is 7.25. The maximum absolute atomic E-state index is 12.3. The Bertz CT molecular complexity index is 969.